The van der Waals surface area contributed by atoms with Crippen molar-refractivity contribution < 1.29 is 4.74 Å². The first kappa shape index (κ1) is 12.1. The van der Waals surface area contributed by atoms with Crippen molar-refractivity contribution in [2.75, 3.05) is 7.11 Å². The van der Waals surface area contributed by atoms with Crippen LogP contribution in [0.2, 0.25) is 5.15 Å². The van der Waals surface area contributed by atoms with E-state index < -0.39 is 5.60 Å². The van der Waals surface area contributed by atoms with Gasteiger partial charge in [-0.25, -0.2) is 9.97 Å². The summed E-state index contributed by atoms with van der Waals surface area (Å²) in [5.74, 6) is 0.632. The highest BCUT2D eigenvalue weighted by Gasteiger charge is 2.27. The molecule has 1 aromatic heterocycles. The second-order valence-electron chi connectivity index (χ2n) is 3.12. The van der Waals surface area contributed by atoms with Crippen LogP contribution in [0.1, 0.15) is 26.1 Å². The molecule has 3 nitrogen and oxygen atoms in total. The third kappa shape index (κ3) is 2.35. The van der Waals surface area contributed by atoms with Crippen LogP contribution >= 0.6 is 34.2 Å². The lowest BCUT2D eigenvalue weighted by Gasteiger charge is -2.24. The molecule has 0 spiro atoms. The van der Waals surface area contributed by atoms with Crippen molar-refractivity contribution in [2.45, 2.75) is 25.9 Å². The van der Waals surface area contributed by atoms with Gasteiger partial charge in [0.25, 0.3) is 0 Å². The molecule has 0 saturated carbocycles. The Bertz CT molecular complexity index is 329. The molecular formula is C9H12ClIN2O. The Kier molecular flexibility index (Phi) is 4.09. The van der Waals surface area contributed by atoms with E-state index in [4.69, 9.17) is 16.3 Å². The molecule has 0 aliphatic heterocycles. The number of rotatable bonds is 3. The molecule has 0 aliphatic rings. The SMILES string of the molecule is CCC(C)(OC)c1ncc(I)c(Cl)n1. The average molecular weight is 327 g/mol. The minimum atomic E-state index is -0.450. The molecule has 14 heavy (non-hydrogen) atoms. The number of ether oxygens (including phenoxy) is 1. The first-order valence-corrected chi connectivity index (χ1v) is 5.73. The van der Waals surface area contributed by atoms with Gasteiger partial charge in [-0.15, -0.1) is 0 Å². The van der Waals surface area contributed by atoms with Crippen LogP contribution in [0.4, 0.5) is 0 Å². The molecule has 0 bridgehead atoms. The Morgan fingerprint density at radius 3 is 2.71 bits per heavy atom. The molecule has 1 aromatic rings. The maximum absolute atomic E-state index is 5.92. The zero-order valence-corrected chi connectivity index (χ0v) is 11.3. The summed E-state index contributed by atoms with van der Waals surface area (Å²) < 4.78 is 6.23. The second kappa shape index (κ2) is 4.72. The van der Waals surface area contributed by atoms with Gasteiger partial charge in [-0.1, -0.05) is 18.5 Å². The van der Waals surface area contributed by atoms with E-state index in [-0.39, 0.29) is 0 Å². The number of methoxy groups -OCH3 is 1. The molecule has 0 saturated heterocycles. The van der Waals surface area contributed by atoms with Crippen molar-refractivity contribution >= 4 is 34.2 Å². The maximum atomic E-state index is 5.92. The van der Waals surface area contributed by atoms with E-state index in [0.29, 0.717) is 11.0 Å². The van der Waals surface area contributed by atoms with Crippen molar-refractivity contribution in [1.82, 2.24) is 9.97 Å². The topological polar surface area (TPSA) is 35.0 Å². The van der Waals surface area contributed by atoms with Gasteiger partial charge in [0.15, 0.2) is 5.82 Å². The molecule has 5 heteroatoms. The van der Waals surface area contributed by atoms with Gasteiger partial charge in [-0.2, -0.15) is 0 Å². The fourth-order valence-corrected chi connectivity index (χ4v) is 1.38. The van der Waals surface area contributed by atoms with Gasteiger partial charge >= 0.3 is 0 Å². The van der Waals surface area contributed by atoms with Gasteiger partial charge in [-0.05, 0) is 35.9 Å². The minimum absolute atomic E-state index is 0.450. The number of hydrogen-bond acceptors (Lipinski definition) is 3. The first-order valence-electron chi connectivity index (χ1n) is 4.27. The van der Waals surface area contributed by atoms with Crippen molar-refractivity contribution in [3.63, 3.8) is 0 Å². The zero-order valence-electron chi connectivity index (χ0n) is 8.34. The number of hydrogen-bond donors (Lipinski definition) is 0. The van der Waals surface area contributed by atoms with Gasteiger partial charge in [0, 0.05) is 13.3 Å². The Hall–Kier alpha value is 0.0600. The summed E-state index contributed by atoms with van der Waals surface area (Å²) >= 11 is 8.02. The smallest absolute Gasteiger partial charge is 0.161 e. The van der Waals surface area contributed by atoms with Crippen LogP contribution in [-0.4, -0.2) is 17.1 Å². The Morgan fingerprint density at radius 1 is 1.64 bits per heavy atom. The molecule has 1 heterocycles. The van der Waals surface area contributed by atoms with Gasteiger partial charge in [0.1, 0.15) is 10.8 Å². The summed E-state index contributed by atoms with van der Waals surface area (Å²) in [4.78, 5) is 8.43. The Labute approximate surface area is 102 Å². The van der Waals surface area contributed by atoms with Crippen LogP contribution in [0.5, 0.6) is 0 Å². The molecule has 0 N–H and O–H groups in total. The normalized spacial score (nSPS) is 15.2. The predicted molar refractivity (Wildman–Crippen MR) is 64.4 cm³/mol. The molecule has 0 radical (unpaired) electrons. The lowest BCUT2D eigenvalue weighted by atomic mass is 10.0. The second-order valence-corrected chi connectivity index (χ2v) is 4.64. The van der Waals surface area contributed by atoms with Crippen molar-refractivity contribution in [2.24, 2.45) is 0 Å². The summed E-state index contributed by atoms with van der Waals surface area (Å²) in [7, 11) is 1.65. The molecule has 0 aliphatic carbocycles. The average Bonchev–Trinajstić information content (AvgIpc) is 2.21. The highest BCUT2D eigenvalue weighted by molar-refractivity contribution is 14.1. The van der Waals surface area contributed by atoms with Gasteiger partial charge < -0.3 is 4.74 Å². The lowest BCUT2D eigenvalue weighted by Crippen LogP contribution is -2.26. The van der Waals surface area contributed by atoms with Crippen LogP contribution in [0.25, 0.3) is 0 Å². The van der Waals surface area contributed by atoms with Crippen LogP contribution < -0.4 is 0 Å². The van der Waals surface area contributed by atoms with E-state index in [1.165, 1.54) is 0 Å². The Balaban J connectivity index is 3.12. The van der Waals surface area contributed by atoms with Gasteiger partial charge in [0.05, 0.1) is 3.57 Å². The molecule has 0 amide bonds. The minimum Gasteiger partial charge on any atom is -0.371 e. The first-order chi connectivity index (χ1) is 6.53. The molecule has 78 valence electrons. The summed E-state index contributed by atoms with van der Waals surface area (Å²) in [5.41, 5.74) is -0.450. The number of nitrogens with zero attached hydrogens (tertiary/aromatic N) is 2. The predicted octanol–water partition coefficient (Wildman–Crippen LogP) is 3.01. The van der Waals surface area contributed by atoms with Crippen molar-refractivity contribution in [1.29, 1.82) is 0 Å². The van der Waals surface area contributed by atoms with E-state index in [1.54, 1.807) is 13.3 Å². The standard InChI is InChI=1S/C9H12ClIN2O/c1-4-9(2,14-3)8-12-5-6(11)7(10)13-8/h5H,4H2,1-3H3. The van der Waals surface area contributed by atoms with Gasteiger partial charge in [-0.3, -0.25) is 0 Å². The quantitative estimate of drug-likeness (QED) is 0.633. The fraction of sp³-hybridized carbons (Fsp3) is 0.556. The molecule has 0 aromatic carbocycles. The van der Waals surface area contributed by atoms with E-state index in [2.05, 4.69) is 32.6 Å². The van der Waals surface area contributed by atoms with Crippen LogP contribution in [0.15, 0.2) is 6.20 Å². The molecule has 1 atom stereocenters. The van der Waals surface area contributed by atoms with E-state index >= 15 is 0 Å². The number of halogens is 2. The lowest BCUT2D eigenvalue weighted by molar-refractivity contribution is -0.00901. The summed E-state index contributed by atoms with van der Waals surface area (Å²) in [6.07, 6.45) is 2.51. The van der Waals surface area contributed by atoms with E-state index in [0.717, 1.165) is 9.99 Å². The molecular weight excluding hydrogens is 314 g/mol. The highest BCUT2D eigenvalue weighted by Crippen LogP contribution is 2.26. The molecule has 1 rings (SSSR count). The van der Waals surface area contributed by atoms with Crippen LogP contribution in [0.3, 0.4) is 0 Å². The summed E-state index contributed by atoms with van der Waals surface area (Å²) in [5, 5.41) is 0.479. The summed E-state index contributed by atoms with van der Waals surface area (Å²) in [6, 6.07) is 0. The third-order valence-corrected chi connectivity index (χ3v) is 3.70. The van der Waals surface area contributed by atoms with E-state index in [9.17, 15) is 0 Å². The van der Waals surface area contributed by atoms with Crippen molar-refractivity contribution in [3.05, 3.63) is 20.7 Å². The highest BCUT2D eigenvalue weighted by atomic mass is 127. The molecule has 1 unspecified atom stereocenters. The maximum Gasteiger partial charge on any atom is 0.161 e. The largest absolute Gasteiger partial charge is 0.371 e. The summed E-state index contributed by atoms with van der Waals surface area (Å²) in [6.45, 7) is 3.98. The van der Waals surface area contributed by atoms with Crippen LogP contribution in [0, 0.1) is 3.57 Å². The zero-order chi connectivity index (χ0) is 10.8. The third-order valence-electron chi connectivity index (χ3n) is 2.30. The Morgan fingerprint density at radius 2 is 2.29 bits per heavy atom. The fourth-order valence-electron chi connectivity index (χ4n) is 0.995. The monoisotopic (exact) mass is 326 g/mol. The molecule has 0 fully saturated rings. The van der Waals surface area contributed by atoms with Crippen molar-refractivity contribution in [3.8, 4) is 0 Å². The van der Waals surface area contributed by atoms with E-state index in [1.807, 2.05) is 13.8 Å². The van der Waals surface area contributed by atoms with Crippen LogP contribution in [-0.2, 0) is 10.3 Å². The number of aromatic nitrogens is 2. The van der Waals surface area contributed by atoms with Gasteiger partial charge in [0.2, 0.25) is 0 Å².